The van der Waals surface area contributed by atoms with Gasteiger partial charge in [-0.05, 0) is 23.3 Å². The van der Waals surface area contributed by atoms with Crippen LogP contribution in [0.4, 0.5) is 0 Å². The van der Waals surface area contributed by atoms with E-state index in [2.05, 4.69) is 0 Å². The predicted octanol–water partition coefficient (Wildman–Crippen LogP) is 2.64. The van der Waals surface area contributed by atoms with Crippen LogP contribution in [0.25, 0.3) is 0 Å². The number of hydrogen-bond donors (Lipinski definition) is 0. The number of rotatable bonds is 0. The Balaban J connectivity index is 1.71. The van der Waals surface area contributed by atoms with E-state index in [-0.39, 0.29) is 23.8 Å². The van der Waals surface area contributed by atoms with Gasteiger partial charge in [-0.1, -0.05) is 36.4 Å². The molecule has 2 aliphatic heterocycles. The van der Waals surface area contributed by atoms with Crippen LogP contribution in [0, 0.1) is 11.8 Å². The summed E-state index contributed by atoms with van der Waals surface area (Å²) < 4.78 is 10.8. The zero-order valence-corrected chi connectivity index (χ0v) is 11.6. The van der Waals surface area contributed by atoms with Crippen LogP contribution in [0.5, 0.6) is 11.5 Å². The van der Waals surface area contributed by atoms with E-state index in [0.29, 0.717) is 11.5 Å². The molecule has 0 amide bonds. The maximum absolute atomic E-state index is 12.3. The maximum atomic E-state index is 12.3. The van der Waals surface area contributed by atoms with Gasteiger partial charge in [0.05, 0.1) is 11.8 Å². The highest BCUT2D eigenvalue weighted by atomic mass is 16.5. The first kappa shape index (κ1) is 12.0. The van der Waals surface area contributed by atoms with Crippen molar-refractivity contribution in [1.82, 2.24) is 0 Å². The van der Waals surface area contributed by atoms with Crippen molar-refractivity contribution in [2.24, 2.45) is 11.8 Å². The summed E-state index contributed by atoms with van der Waals surface area (Å²) in [7, 11) is 0. The summed E-state index contributed by atoms with van der Waals surface area (Å²) >= 11 is 0. The van der Waals surface area contributed by atoms with Gasteiger partial charge in [-0.2, -0.15) is 0 Å². The van der Waals surface area contributed by atoms with Gasteiger partial charge in [-0.25, -0.2) is 0 Å². The van der Waals surface area contributed by atoms with Crippen LogP contribution in [-0.4, -0.2) is 11.9 Å². The van der Waals surface area contributed by atoms with Crippen LogP contribution in [-0.2, 0) is 9.59 Å². The molecule has 0 spiro atoms. The molecule has 0 radical (unpaired) electrons. The van der Waals surface area contributed by atoms with Crippen molar-refractivity contribution in [3.05, 3.63) is 59.7 Å². The van der Waals surface area contributed by atoms with Crippen molar-refractivity contribution >= 4 is 11.9 Å². The summed E-state index contributed by atoms with van der Waals surface area (Å²) in [4.78, 5) is 24.6. The monoisotopic (exact) mass is 292 g/mol. The molecule has 2 aromatic rings. The minimum atomic E-state index is -0.430. The number of fused-ring (bicyclic) bond motifs is 8. The Morgan fingerprint density at radius 3 is 1.45 bits per heavy atom. The van der Waals surface area contributed by atoms with Crippen LogP contribution < -0.4 is 9.47 Å². The van der Waals surface area contributed by atoms with Crippen molar-refractivity contribution < 1.29 is 19.1 Å². The molecule has 5 rings (SSSR count). The van der Waals surface area contributed by atoms with E-state index in [0.717, 1.165) is 11.1 Å². The van der Waals surface area contributed by atoms with Gasteiger partial charge in [0.15, 0.2) is 0 Å². The SMILES string of the molecule is O=C1Oc2ccccc2C2C1[C@H]1C(=O)Oc3ccccc3[C@@H]21. The second kappa shape index (κ2) is 3.97. The predicted molar refractivity (Wildman–Crippen MR) is 76.6 cm³/mol. The summed E-state index contributed by atoms with van der Waals surface area (Å²) in [5.41, 5.74) is 2.02. The average molecular weight is 292 g/mol. The van der Waals surface area contributed by atoms with Crippen molar-refractivity contribution in [2.75, 3.05) is 0 Å². The third-order valence-electron chi connectivity index (χ3n) is 5.07. The molecule has 2 unspecified atom stereocenters. The second-order valence-electron chi connectivity index (χ2n) is 6.02. The molecule has 4 atom stereocenters. The Kier molecular flexibility index (Phi) is 2.16. The number of ether oxygens (including phenoxy) is 2. The van der Waals surface area contributed by atoms with E-state index in [9.17, 15) is 9.59 Å². The van der Waals surface area contributed by atoms with Gasteiger partial charge in [0.25, 0.3) is 0 Å². The summed E-state index contributed by atoms with van der Waals surface area (Å²) in [6.07, 6.45) is 0. The van der Waals surface area contributed by atoms with Gasteiger partial charge in [-0.15, -0.1) is 0 Å². The van der Waals surface area contributed by atoms with Crippen LogP contribution in [0.1, 0.15) is 23.0 Å². The quantitative estimate of drug-likeness (QED) is 0.553. The summed E-state index contributed by atoms with van der Waals surface area (Å²) in [6.45, 7) is 0. The first-order valence-corrected chi connectivity index (χ1v) is 7.37. The average Bonchev–Trinajstić information content (AvgIpc) is 2.49. The van der Waals surface area contributed by atoms with Crippen LogP contribution in [0.15, 0.2) is 48.5 Å². The standard InChI is InChI=1S/C18H12O4/c19-17-15-13(9-5-1-3-7-11(9)21-17)14-10-6-2-4-8-12(10)22-18(20)16(14)15/h1-8,13-16H/t13-,14?,15-,16?/m0/s1. The largest absolute Gasteiger partial charge is 0.426 e. The molecule has 3 aliphatic rings. The molecule has 4 nitrogen and oxygen atoms in total. The Hall–Kier alpha value is -2.62. The smallest absolute Gasteiger partial charge is 0.315 e. The maximum Gasteiger partial charge on any atom is 0.315 e. The van der Waals surface area contributed by atoms with Gasteiger partial charge in [0.1, 0.15) is 11.5 Å². The number of benzene rings is 2. The number of carbonyl (C=O) groups excluding carboxylic acids is 2. The molecular formula is C18H12O4. The van der Waals surface area contributed by atoms with Crippen molar-refractivity contribution in [1.29, 1.82) is 0 Å². The molecule has 0 N–H and O–H groups in total. The van der Waals surface area contributed by atoms with E-state index in [1.165, 1.54) is 0 Å². The fraction of sp³-hybridized carbons (Fsp3) is 0.222. The van der Waals surface area contributed by atoms with Crippen molar-refractivity contribution in [3.63, 3.8) is 0 Å². The fourth-order valence-corrected chi connectivity index (χ4v) is 4.16. The molecule has 0 aromatic heterocycles. The highest BCUT2D eigenvalue weighted by Gasteiger charge is 2.64. The third kappa shape index (κ3) is 1.32. The topological polar surface area (TPSA) is 52.6 Å². The van der Waals surface area contributed by atoms with Crippen LogP contribution in [0.2, 0.25) is 0 Å². The molecule has 2 aromatic carbocycles. The molecule has 1 aliphatic carbocycles. The lowest BCUT2D eigenvalue weighted by Gasteiger charge is -2.53. The molecule has 22 heavy (non-hydrogen) atoms. The first-order chi connectivity index (χ1) is 10.8. The summed E-state index contributed by atoms with van der Waals surface area (Å²) in [5, 5.41) is 0. The molecule has 4 heteroatoms. The van der Waals surface area contributed by atoms with Crippen LogP contribution >= 0.6 is 0 Å². The molecular weight excluding hydrogens is 280 g/mol. The van der Waals surface area contributed by atoms with Crippen molar-refractivity contribution in [3.8, 4) is 11.5 Å². The van der Waals surface area contributed by atoms with Gasteiger partial charge in [0, 0.05) is 11.8 Å². The van der Waals surface area contributed by atoms with Gasteiger partial charge in [-0.3, -0.25) is 9.59 Å². The van der Waals surface area contributed by atoms with E-state index in [4.69, 9.17) is 9.47 Å². The van der Waals surface area contributed by atoms with Gasteiger partial charge < -0.3 is 9.47 Å². The highest BCUT2D eigenvalue weighted by molar-refractivity contribution is 5.92. The summed E-state index contributed by atoms with van der Waals surface area (Å²) in [6, 6.07) is 15.2. The van der Waals surface area contributed by atoms with Crippen LogP contribution in [0.3, 0.4) is 0 Å². The number of para-hydroxylation sites is 2. The highest BCUT2D eigenvalue weighted by Crippen LogP contribution is 2.64. The number of esters is 2. The molecule has 2 heterocycles. The van der Waals surface area contributed by atoms with E-state index in [1.807, 2.05) is 48.5 Å². The second-order valence-corrected chi connectivity index (χ2v) is 6.02. The lowest BCUT2D eigenvalue weighted by atomic mass is 9.51. The van der Waals surface area contributed by atoms with E-state index >= 15 is 0 Å². The fourth-order valence-electron chi connectivity index (χ4n) is 4.16. The first-order valence-electron chi connectivity index (χ1n) is 7.37. The molecule has 108 valence electrons. The minimum Gasteiger partial charge on any atom is -0.426 e. The number of hydrogen-bond acceptors (Lipinski definition) is 4. The Morgan fingerprint density at radius 2 is 1.00 bits per heavy atom. The third-order valence-corrected chi connectivity index (χ3v) is 5.07. The Morgan fingerprint density at radius 1 is 0.591 bits per heavy atom. The molecule has 1 saturated carbocycles. The normalized spacial score (nSPS) is 30.7. The molecule has 1 fully saturated rings. The minimum absolute atomic E-state index is 0.00329. The molecule has 0 bridgehead atoms. The van der Waals surface area contributed by atoms with Crippen molar-refractivity contribution in [2.45, 2.75) is 11.8 Å². The van der Waals surface area contributed by atoms with Gasteiger partial charge in [0.2, 0.25) is 0 Å². The Bertz CT molecular complexity index is 756. The van der Waals surface area contributed by atoms with E-state index in [1.54, 1.807) is 0 Å². The van der Waals surface area contributed by atoms with E-state index < -0.39 is 11.8 Å². The molecule has 0 saturated heterocycles. The van der Waals surface area contributed by atoms with Gasteiger partial charge >= 0.3 is 11.9 Å². The Labute approximate surface area is 126 Å². The zero-order chi connectivity index (χ0) is 14.8. The number of carbonyl (C=O) groups is 2. The lowest BCUT2D eigenvalue weighted by molar-refractivity contribution is -0.165. The summed E-state index contributed by atoms with van der Waals surface area (Å²) in [5.74, 6) is -0.274. The lowest BCUT2D eigenvalue weighted by Crippen LogP contribution is -2.57. The zero-order valence-electron chi connectivity index (χ0n) is 11.6.